The van der Waals surface area contributed by atoms with E-state index in [9.17, 15) is 13.2 Å². The molecule has 2 aromatic carbocycles. The smallest absolute Gasteiger partial charge is 0.449 e. The number of imidazole rings is 1. The van der Waals surface area contributed by atoms with Crippen molar-refractivity contribution in [1.29, 1.82) is 0 Å². The molecule has 1 saturated heterocycles. The number of aromatic amines is 1. The number of hydrogen-bond donors (Lipinski definition) is 2. The number of fused-ring (bicyclic) bond motifs is 2. The maximum atomic E-state index is 13.4. The third-order valence-electron chi connectivity index (χ3n) is 6.17. The number of morpholine rings is 1. The number of methoxy groups -OCH3 is 1. The fourth-order valence-corrected chi connectivity index (χ4v) is 4.61. The zero-order chi connectivity index (χ0) is 23.2. The lowest BCUT2D eigenvalue weighted by Crippen LogP contribution is -2.54. The van der Waals surface area contributed by atoms with E-state index in [4.69, 9.17) is 14.2 Å². The van der Waals surface area contributed by atoms with Crippen molar-refractivity contribution >= 4 is 16.7 Å². The highest BCUT2D eigenvalue weighted by molar-refractivity contribution is 5.90. The molecule has 2 aliphatic heterocycles. The molecule has 0 amide bonds. The van der Waals surface area contributed by atoms with Gasteiger partial charge in [0.25, 0.3) is 0 Å². The first kappa shape index (κ1) is 21.8. The van der Waals surface area contributed by atoms with Gasteiger partial charge in [0, 0.05) is 30.8 Å². The van der Waals surface area contributed by atoms with E-state index in [-0.39, 0.29) is 29.2 Å². The second-order valence-corrected chi connectivity index (χ2v) is 8.37. The zero-order valence-corrected chi connectivity index (χ0v) is 18.3. The standard InChI is InChI=1S/C23H25F3N4O3/c1-13-11-30(7-8-32-13)18-12-33-19-6-4-3-5-15(19)20(18)27-16-9-14(31-2)10-17-21(16)29-22(28-17)23(24,25)26/h3-6,9-10,13,18,20,27H,7-8,11-12H2,1-2H3,(H,28,29)/t13-,18?,20+/m1/s1. The summed E-state index contributed by atoms with van der Waals surface area (Å²) in [5, 5.41) is 3.49. The lowest BCUT2D eigenvalue weighted by atomic mass is 9.94. The van der Waals surface area contributed by atoms with Gasteiger partial charge < -0.3 is 24.5 Å². The average molecular weight is 462 g/mol. The summed E-state index contributed by atoms with van der Waals surface area (Å²) in [5.74, 6) is 0.142. The van der Waals surface area contributed by atoms with Crippen LogP contribution in [0.15, 0.2) is 36.4 Å². The number of H-pyrrole nitrogens is 1. The SMILES string of the molecule is COc1cc(N[C@H]2c3ccccc3OCC2N2CCO[C@H](C)C2)c2nc(C(F)(F)F)[nH]c2c1. The third kappa shape index (κ3) is 4.20. The molecular weight excluding hydrogens is 437 g/mol. The van der Waals surface area contributed by atoms with Gasteiger partial charge in [-0.15, -0.1) is 0 Å². The summed E-state index contributed by atoms with van der Waals surface area (Å²) in [7, 11) is 1.48. The molecule has 0 bridgehead atoms. The Labute approximate surface area is 188 Å². The molecule has 7 nitrogen and oxygen atoms in total. The monoisotopic (exact) mass is 462 g/mol. The molecule has 2 N–H and O–H groups in total. The number of halogens is 3. The van der Waals surface area contributed by atoms with E-state index in [0.717, 1.165) is 24.4 Å². The van der Waals surface area contributed by atoms with E-state index in [1.165, 1.54) is 13.2 Å². The summed E-state index contributed by atoms with van der Waals surface area (Å²) >= 11 is 0. The molecule has 1 unspecified atom stereocenters. The first-order valence-corrected chi connectivity index (χ1v) is 10.8. The Morgan fingerprint density at radius 1 is 1.24 bits per heavy atom. The Hall–Kier alpha value is -2.98. The number of para-hydroxylation sites is 1. The summed E-state index contributed by atoms with van der Waals surface area (Å²) in [4.78, 5) is 8.56. The van der Waals surface area contributed by atoms with Crippen LogP contribution in [-0.4, -0.2) is 60.4 Å². The van der Waals surface area contributed by atoms with Gasteiger partial charge in [-0.05, 0) is 13.0 Å². The highest BCUT2D eigenvalue weighted by Crippen LogP contribution is 2.40. The number of anilines is 1. The number of ether oxygens (including phenoxy) is 3. The van der Waals surface area contributed by atoms with Crippen LogP contribution in [0.5, 0.6) is 11.5 Å². The molecule has 3 aromatic rings. The molecule has 1 fully saturated rings. The molecule has 0 saturated carbocycles. The van der Waals surface area contributed by atoms with Gasteiger partial charge >= 0.3 is 6.18 Å². The van der Waals surface area contributed by atoms with Crippen molar-refractivity contribution in [2.24, 2.45) is 0 Å². The Kier molecular flexibility index (Phi) is 5.57. The minimum atomic E-state index is -4.58. The highest BCUT2D eigenvalue weighted by atomic mass is 19.4. The van der Waals surface area contributed by atoms with E-state index < -0.39 is 12.0 Å². The van der Waals surface area contributed by atoms with Crippen LogP contribution in [0.25, 0.3) is 11.0 Å². The summed E-state index contributed by atoms with van der Waals surface area (Å²) in [6.45, 7) is 4.57. The number of aromatic nitrogens is 2. The third-order valence-corrected chi connectivity index (χ3v) is 6.17. The second kappa shape index (κ2) is 8.42. The molecule has 0 aliphatic carbocycles. The van der Waals surface area contributed by atoms with Crippen LogP contribution in [0.2, 0.25) is 0 Å². The van der Waals surface area contributed by atoms with Crippen LogP contribution in [0.1, 0.15) is 24.4 Å². The number of alkyl halides is 3. The van der Waals surface area contributed by atoms with Gasteiger partial charge in [-0.3, -0.25) is 4.90 Å². The lowest BCUT2D eigenvalue weighted by molar-refractivity contribution is -0.144. The molecule has 176 valence electrons. The average Bonchev–Trinajstić information content (AvgIpc) is 3.24. The maximum absolute atomic E-state index is 13.4. The van der Waals surface area contributed by atoms with Crippen molar-refractivity contribution in [3.05, 3.63) is 47.8 Å². The number of benzene rings is 2. The quantitative estimate of drug-likeness (QED) is 0.605. The second-order valence-electron chi connectivity index (χ2n) is 8.37. The van der Waals surface area contributed by atoms with Gasteiger partial charge in [0.1, 0.15) is 23.6 Å². The van der Waals surface area contributed by atoms with Crippen molar-refractivity contribution in [2.75, 3.05) is 38.7 Å². The molecule has 3 atom stereocenters. The molecule has 10 heteroatoms. The molecule has 0 spiro atoms. The Balaban J connectivity index is 1.58. The molecule has 2 aliphatic rings. The highest BCUT2D eigenvalue weighted by Gasteiger charge is 2.38. The van der Waals surface area contributed by atoms with Crippen LogP contribution < -0.4 is 14.8 Å². The topological polar surface area (TPSA) is 71.6 Å². The van der Waals surface area contributed by atoms with E-state index >= 15 is 0 Å². The van der Waals surface area contributed by atoms with Crippen LogP contribution in [0, 0.1) is 0 Å². The summed E-state index contributed by atoms with van der Waals surface area (Å²) in [5.41, 5.74) is 1.86. The number of nitrogens with zero attached hydrogens (tertiary/aromatic N) is 2. The Bertz CT molecular complexity index is 1150. The van der Waals surface area contributed by atoms with Gasteiger partial charge in [-0.2, -0.15) is 13.2 Å². The van der Waals surface area contributed by atoms with Crippen molar-refractivity contribution in [2.45, 2.75) is 31.3 Å². The largest absolute Gasteiger partial charge is 0.497 e. The van der Waals surface area contributed by atoms with E-state index in [2.05, 4.69) is 20.2 Å². The molecule has 3 heterocycles. The van der Waals surface area contributed by atoms with Gasteiger partial charge in [-0.1, -0.05) is 18.2 Å². The van der Waals surface area contributed by atoms with Gasteiger partial charge in [0.15, 0.2) is 0 Å². The summed E-state index contributed by atoms with van der Waals surface area (Å²) in [6.07, 6.45) is -4.50. The van der Waals surface area contributed by atoms with Crippen molar-refractivity contribution < 1.29 is 27.4 Å². The lowest BCUT2D eigenvalue weighted by Gasteiger charge is -2.44. The predicted octanol–water partition coefficient (Wildman–Crippen LogP) is 4.23. The molecule has 0 radical (unpaired) electrons. The van der Waals surface area contributed by atoms with Crippen molar-refractivity contribution in [3.63, 3.8) is 0 Å². The first-order valence-electron chi connectivity index (χ1n) is 10.8. The number of rotatable bonds is 4. The molecule has 33 heavy (non-hydrogen) atoms. The van der Waals surface area contributed by atoms with Gasteiger partial charge in [-0.25, -0.2) is 4.98 Å². The molecular formula is C23H25F3N4O3. The predicted molar refractivity (Wildman–Crippen MR) is 117 cm³/mol. The summed E-state index contributed by atoms with van der Waals surface area (Å²) in [6, 6.07) is 10.6. The normalized spacial score (nSPS) is 23.7. The number of nitrogens with one attached hydrogen (secondary N) is 2. The van der Waals surface area contributed by atoms with Crippen LogP contribution in [-0.2, 0) is 10.9 Å². The maximum Gasteiger partial charge on any atom is 0.449 e. The Morgan fingerprint density at radius 3 is 2.82 bits per heavy atom. The van der Waals surface area contributed by atoms with Crippen molar-refractivity contribution in [3.8, 4) is 11.5 Å². The molecule has 5 rings (SSSR count). The van der Waals surface area contributed by atoms with Crippen LogP contribution in [0.4, 0.5) is 18.9 Å². The number of hydrogen-bond acceptors (Lipinski definition) is 6. The van der Waals surface area contributed by atoms with Gasteiger partial charge in [0.05, 0.1) is 43.1 Å². The fourth-order valence-electron chi connectivity index (χ4n) is 4.61. The first-order chi connectivity index (χ1) is 15.8. The van der Waals surface area contributed by atoms with Gasteiger partial charge in [0.2, 0.25) is 5.82 Å². The van der Waals surface area contributed by atoms with E-state index in [0.29, 0.717) is 24.7 Å². The minimum absolute atomic E-state index is 0.0477. The van der Waals surface area contributed by atoms with Crippen LogP contribution >= 0.6 is 0 Å². The van der Waals surface area contributed by atoms with Crippen LogP contribution in [0.3, 0.4) is 0 Å². The van der Waals surface area contributed by atoms with Crippen molar-refractivity contribution in [1.82, 2.24) is 14.9 Å². The zero-order valence-electron chi connectivity index (χ0n) is 18.3. The fraction of sp³-hybridized carbons (Fsp3) is 0.435. The minimum Gasteiger partial charge on any atom is -0.497 e. The van der Waals surface area contributed by atoms with E-state index in [1.54, 1.807) is 6.07 Å². The molecule has 1 aromatic heterocycles. The summed E-state index contributed by atoms with van der Waals surface area (Å²) < 4.78 is 57.2. The van der Waals surface area contributed by atoms with E-state index in [1.807, 2.05) is 31.2 Å². The Morgan fingerprint density at radius 2 is 2.06 bits per heavy atom.